The lowest BCUT2D eigenvalue weighted by Gasteiger charge is -2.35. The zero-order valence-corrected chi connectivity index (χ0v) is 13.2. The van der Waals surface area contributed by atoms with Crippen molar-refractivity contribution in [2.24, 2.45) is 0 Å². The van der Waals surface area contributed by atoms with Crippen molar-refractivity contribution in [2.45, 2.75) is 43.9 Å². The van der Waals surface area contributed by atoms with E-state index in [0.717, 1.165) is 32.0 Å². The number of rotatable bonds is 3. The van der Waals surface area contributed by atoms with E-state index < -0.39 is 11.7 Å². The van der Waals surface area contributed by atoms with E-state index >= 15 is 0 Å². The smallest absolute Gasteiger partial charge is 0.370 e. The Balaban J connectivity index is 1.77. The van der Waals surface area contributed by atoms with Crippen LogP contribution in [0.15, 0.2) is 22.7 Å². The Morgan fingerprint density at radius 2 is 1.86 bits per heavy atom. The van der Waals surface area contributed by atoms with Crippen molar-refractivity contribution < 1.29 is 13.2 Å². The highest BCUT2D eigenvalue weighted by atomic mass is 79.9. The maximum Gasteiger partial charge on any atom is 0.416 e. The van der Waals surface area contributed by atoms with Gasteiger partial charge in [-0.25, -0.2) is 0 Å². The summed E-state index contributed by atoms with van der Waals surface area (Å²) in [7, 11) is 0. The summed E-state index contributed by atoms with van der Waals surface area (Å²) in [5, 5.41) is 3.58. The minimum Gasteiger partial charge on any atom is -0.370 e. The van der Waals surface area contributed by atoms with E-state index in [0.29, 0.717) is 22.2 Å². The summed E-state index contributed by atoms with van der Waals surface area (Å²) in [4.78, 5) is 2.06. The fourth-order valence-corrected chi connectivity index (χ4v) is 3.33. The van der Waals surface area contributed by atoms with Crippen LogP contribution < -0.4 is 10.2 Å². The lowest BCUT2D eigenvalue weighted by molar-refractivity contribution is -0.137. The van der Waals surface area contributed by atoms with Gasteiger partial charge in [0.05, 0.1) is 5.56 Å². The average Bonchev–Trinajstić information content (AvgIpc) is 3.21. The molecule has 0 spiro atoms. The maximum atomic E-state index is 12.9. The van der Waals surface area contributed by atoms with E-state index in [-0.39, 0.29) is 0 Å². The zero-order valence-electron chi connectivity index (χ0n) is 11.6. The van der Waals surface area contributed by atoms with Crippen molar-refractivity contribution >= 4 is 21.6 Å². The van der Waals surface area contributed by atoms with Gasteiger partial charge < -0.3 is 10.2 Å². The first-order chi connectivity index (χ1) is 9.91. The number of hydrogen-bond acceptors (Lipinski definition) is 2. The van der Waals surface area contributed by atoms with Crippen molar-refractivity contribution in [3.63, 3.8) is 0 Å². The largest absolute Gasteiger partial charge is 0.416 e. The molecule has 6 heteroatoms. The highest BCUT2D eigenvalue weighted by Gasteiger charge is 2.32. The van der Waals surface area contributed by atoms with E-state index in [1.54, 1.807) is 6.07 Å². The van der Waals surface area contributed by atoms with Crippen molar-refractivity contribution in [1.82, 2.24) is 5.32 Å². The maximum absolute atomic E-state index is 12.9. The molecule has 1 aromatic carbocycles. The van der Waals surface area contributed by atoms with Gasteiger partial charge in [0.1, 0.15) is 0 Å². The molecule has 0 bridgehead atoms. The van der Waals surface area contributed by atoms with Gasteiger partial charge in [0, 0.05) is 35.3 Å². The van der Waals surface area contributed by atoms with Gasteiger partial charge in [-0.15, -0.1) is 0 Å². The van der Waals surface area contributed by atoms with Gasteiger partial charge in [0.2, 0.25) is 0 Å². The number of piperidine rings is 1. The Bertz CT molecular complexity index is 514. The van der Waals surface area contributed by atoms with Crippen LogP contribution >= 0.6 is 15.9 Å². The van der Waals surface area contributed by atoms with Gasteiger partial charge in [-0.3, -0.25) is 0 Å². The standard InChI is InChI=1S/C15H18BrF3N2/c16-11-6-10(15(17,18)19)7-14(8-11)21-5-1-2-13(9-21)20-12-3-4-12/h6-8,12-13,20H,1-5,9H2. The van der Waals surface area contributed by atoms with E-state index in [9.17, 15) is 13.2 Å². The van der Waals surface area contributed by atoms with Crippen molar-refractivity contribution in [3.05, 3.63) is 28.2 Å². The molecule has 1 heterocycles. The van der Waals surface area contributed by atoms with Crippen LogP contribution in [-0.2, 0) is 6.18 Å². The highest BCUT2D eigenvalue weighted by Crippen LogP contribution is 2.35. The van der Waals surface area contributed by atoms with Gasteiger partial charge in [-0.1, -0.05) is 15.9 Å². The molecule has 0 amide bonds. The SMILES string of the molecule is FC(F)(F)c1cc(Br)cc(N2CCCC(NC3CC3)C2)c1. The van der Waals surface area contributed by atoms with Gasteiger partial charge in [0.25, 0.3) is 0 Å². The molecule has 1 unspecified atom stereocenters. The normalized spacial score (nSPS) is 23.4. The number of nitrogens with zero attached hydrogens (tertiary/aromatic N) is 1. The van der Waals surface area contributed by atoms with E-state index in [1.807, 2.05) is 0 Å². The summed E-state index contributed by atoms with van der Waals surface area (Å²) in [6, 6.07) is 5.18. The number of hydrogen-bond donors (Lipinski definition) is 1. The van der Waals surface area contributed by atoms with Crippen LogP contribution in [0.2, 0.25) is 0 Å². The molecule has 0 aromatic heterocycles. The fraction of sp³-hybridized carbons (Fsp3) is 0.600. The van der Waals surface area contributed by atoms with Gasteiger partial charge in [-0.05, 0) is 43.9 Å². The Hall–Kier alpha value is -0.750. The molecule has 116 valence electrons. The molecular formula is C15H18BrF3N2. The van der Waals surface area contributed by atoms with Gasteiger partial charge in [-0.2, -0.15) is 13.2 Å². The Labute approximate surface area is 130 Å². The Kier molecular flexibility index (Phi) is 4.19. The van der Waals surface area contributed by atoms with E-state index in [2.05, 4.69) is 26.1 Å². The number of halogens is 4. The van der Waals surface area contributed by atoms with Crippen LogP contribution in [0.1, 0.15) is 31.2 Å². The molecule has 1 aliphatic carbocycles. The van der Waals surface area contributed by atoms with E-state index in [4.69, 9.17) is 0 Å². The van der Waals surface area contributed by atoms with Crippen LogP contribution in [0.3, 0.4) is 0 Å². The second-order valence-electron chi connectivity index (χ2n) is 5.92. The predicted octanol–water partition coefficient (Wildman–Crippen LogP) is 4.19. The third kappa shape index (κ3) is 3.92. The molecule has 3 rings (SSSR count). The quantitative estimate of drug-likeness (QED) is 0.867. The second kappa shape index (κ2) is 5.80. The minimum absolute atomic E-state index is 0.388. The zero-order chi connectivity index (χ0) is 15.0. The lowest BCUT2D eigenvalue weighted by Crippen LogP contribution is -2.46. The molecule has 1 saturated carbocycles. The topological polar surface area (TPSA) is 15.3 Å². The first-order valence-corrected chi connectivity index (χ1v) is 8.10. The summed E-state index contributed by atoms with van der Waals surface area (Å²) >= 11 is 3.20. The summed E-state index contributed by atoms with van der Waals surface area (Å²) in [6.45, 7) is 1.60. The van der Waals surface area contributed by atoms with Crippen LogP contribution in [0.25, 0.3) is 0 Å². The average molecular weight is 363 g/mol. The van der Waals surface area contributed by atoms with Crippen molar-refractivity contribution in [2.75, 3.05) is 18.0 Å². The predicted molar refractivity (Wildman–Crippen MR) is 80.5 cm³/mol. The third-order valence-electron chi connectivity index (χ3n) is 4.05. The van der Waals surface area contributed by atoms with Crippen LogP contribution in [0, 0.1) is 0 Å². The fourth-order valence-electron chi connectivity index (χ4n) is 2.85. The number of benzene rings is 1. The molecule has 21 heavy (non-hydrogen) atoms. The van der Waals surface area contributed by atoms with E-state index in [1.165, 1.54) is 18.9 Å². The summed E-state index contributed by atoms with van der Waals surface area (Å²) in [6.07, 6.45) is 0.266. The minimum atomic E-state index is -4.31. The summed E-state index contributed by atoms with van der Waals surface area (Å²) in [5.74, 6) is 0. The van der Waals surface area contributed by atoms with Crippen LogP contribution in [0.4, 0.5) is 18.9 Å². The summed E-state index contributed by atoms with van der Waals surface area (Å²) < 4.78 is 39.2. The first-order valence-electron chi connectivity index (χ1n) is 7.30. The summed E-state index contributed by atoms with van der Waals surface area (Å²) in [5.41, 5.74) is 0.0585. The van der Waals surface area contributed by atoms with Gasteiger partial charge >= 0.3 is 6.18 Å². The molecule has 1 N–H and O–H groups in total. The Morgan fingerprint density at radius 1 is 1.10 bits per heavy atom. The van der Waals surface area contributed by atoms with Crippen molar-refractivity contribution in [3.8, 4) is 0 Å². The molecule has 1 saturated heterocycles. The highest BCUT2D eigenvalue weighted by molar-refractivity contribution is 9.10. The van der Waals surface area contributed by atoms with Crippen LogP contribution in [-0.4, -0.2) is 25.2 Å². The number of alkyl halides is 3. The molecule has 2 fully saturated rings. The molecule has 1 aromatic rings. The number of nitrogens with one attached hydrogen (secondary N) is 1. The second-order valence-corrected chi connectivity index (χ2v) is 6.84. The molecule has 0 radical (unpaired) electrons. The molecule has 2 aliphatic rings. The number of anilines is 1. The molecule has 1 atom stereocenters. The Morgan fingerprint density at radius 3 is 2.52 bits per heavy atom. The molecular weight excluding hydrogens is 345 g/mol. The monoisotopic (exact) mass is 362 g/mol. The molecule has 1 aliphatic heterocycles. The third-order valence-corrected chi connectivity index (χ3v) is 4.50. The first kappa shape index (κ1) is 15.2. The van der Waals surface area contributed by atoms with Crippen LogP contribution in [0.5, 0.6) is 0 Å². The van der Waals surface area contributed by atoms with Gasteiger partial charge in [0.15, 0.2) is 0 Å². The molecule has 2 nitrogen and oxygen atoms in total. The lowest BCUT2D eigenvalue weighted by atomic mass is 10.0. The van der Waals surface area contributed by atoms with Crippen molar-refractivity contribution in [1.29, 1.82) is 0 Å².